The van der Waals surface area contributed by atoms with Crippen molar-refractivity contribution < 1.29 is 18.4 Å². The second kappa shape index (κ2) is 11.2. The highest BCUT2D eigenvalue weighted by molar-refractivity contribution is 5.87. The molecular weight excluding hydrogens is 376 g/mol. The van der Waals surface area contributed by atoms with Crippen LogP contribution in [0.2, 0.25) is 0 Å². The number of carbonyl (C=O) groups is 2. The van der Waals surface area contributed by atoms with Crippen LogP contribution in [0.25, 0.3) is 0 Å². The number of likely N-dealkylation sites (N-methyl/N-ethyl adjacent to an activating group) is 1. The Kier molecular flexibility index (Phi) is 9.01. The summed E-state index contributed by atoms with van der Waals surface area (Å²) in [5.74, 6) is -1.77. The summed E-state index contributed by atoms with van der Waals surface area (Å²) < 4.78 is 26.8. The van der Waals surface area contributed by atoms with Crippen LogP contribution in [0, 0.1) is 17.6 Å². The lowest BCUT2D eigenvalue weighted by atomic mass is 9.87. The highest BCUT2D eigenvalue weighted by atomic mass is 19.2. The monoisotopic (exact) mass is 409 g/mol. The quantitative estimate of drug-likeness (QED) is 0.681. The van der Waals surface area contributed by atoms with E-state index in [1.165, 1.54) is 25.3 Å². The molecule has 1 saturated carbocycles. The first kappa shape index (κ1) is 23.3. The summed E-state index contributed by atoms with van der Waals surface area (Å²) in [7, 11) is 3.80. The Hall–Kier alpha value is -2.02. The van der Waals surface area contributed by atoms with Gasteiger partial charge in [-0.2, -0.15) is 0 Å². The van der Waals surface area contributed by atoms with Crippen molar-refractivity contribution in [3.63, 3.8) is 0 Å². The predicted molar refractivity (Wildman–Crippen MR) is 109 cm³/mol. The Morgan fingerprint density at radius 2 is 1.79 bits per heavy atom. The van der Waals surface area contributed by atoms with Gasteiger partial charge in [0.15, 0.2) is 11.6 Å². The molecule has 29 heavy (non-hydrogen) atoms. The maximum Gasteiger partial charge on any atom is 0.245 e. The van der Waals surface area contributed by atoms with Crippen LogP contribution in [0.15, 0.2) is 18.2 Å². The van der Waals surface area contributed by atoms with Gasteiger partial charge in [-0.3, -0.25) is 9.59 Å². The number of benzene rings is 1. The summed E-state index contributed by atoms with van der Waals surface area (Å²) in [5.41, 5.74) is 0.511. The summed E-state index contributed by atoms with van der Waals surface area (Å²) in [6, 6.07) is 2.98. The van der Waals surface area contributed by atoms with Crippen molar-refractivity contribution in [1.29, 1.82) is 0 Å². The van der Waals surface area contributed by atoms with Gasteiger partial charge in [0, 0.05) is 26.1 Å². The SMILES string of the molecule is CC(NC(=O)CC1CCCCC1)C(=O)N(CCN(C)C)Cc1ccc(F)c(F)c1. The number of halogens is 2. The molecule has 0 aromatic heterocycles. The van der Waals surface area contributed by atoms with Crippen LogP contribution in [0.1, 0.15) is 51.0 Å². The van der Waals surface area contributed by atoms with Gasteiger partial charge in [0.25, 0.3) is 0 Å². The fourth-order valence-electron chi connectivity index (χ4n) is 3.74. The first-order valence-electron chi connectivity index (χ1n) is 10.4. The predicted octanol–water partition coefficient (Wildman–Crippen LogP) is 3.33. The minimum Gasteiger partial charge on any atom is -0.345 e. The molecule has 0 spiro atoms. The zero-order valence-corrected chi connectivity index (χ0v) is 17.7. The smallest absolute Gasteiger partial charge is 0.245 e. The zero-order valence-electron chi connectivity index (χ0n) is 17.7. The van der Waals surface area contributed by atoms with Gasteiger partial charge in [0.1, 0.15) is 6.04 Å². The lowest BCUT2D eigenvalue weighted by Crippen LogP contribution is -2.48. The Morgan fingerprint density at radius 3 is 2.41 bits per heavy atom. The minimum atomic E-state index is -0.934. The van der Waals surface area contributed by atoms with Gasteiger partial charge >= 0.3 is 0 Å². The highest BCUT2D eigenvalue weighted by Crippen LogP contribution is 2.26. The van der Waals surface area contributed by atoms with E-state index in [1.54, 1.807) is 11.8 Å². The van der Waals surface area contributed by atoms with Gasteiger partial charge in [-0.25, -0.2) is 8.78 Å². The van der Waals surface area contributed by atoms with E-state index in [2.05, 4.69) is 5.32 Å². The molecule has 1 unspecified atom stereocenters. The molecule has 0 radical (unpaired) electrons. The van der Waals surface area contributed by atoms with E-state index < -0.39 is 17.7 Å². The third-order valence-electron chi connectivity index (χ3n) is 5.43. The lowest BCUT2D eigenvalue weighted by Gasteiger charge is -2.28. The maximum atomic E-state index is 13.6. The van der Waals surface area contributed by atoms with Gasteiger partial charge in [0.2, 0.25) is 11.8 Å². The average Bonchev–Trinajstić information content (AvgIpc) is 2.67. The molecule has 1 N–H and O–H groups in total. The molecule has 2 amide bonds. The van der Waals surface area contributed by atoms with E-state index in [0.717, 1.165) is 25.0 Å². The Morgan fingerprint density at radius 1 is 1.10 bits per heavy atom. The van der Waals surface area contributed by atoms with E-state index in [1.807, 2.05) is 19.0 Å². The summed E-state index contributed by atoms with van der Waals surface area (Å²) >= 11 is 0. The molecule has 1 aliphatic rings. The normalized spacial score (nSPS) is 15.9. The number of rotatable bonds is 9. The fourth-order valence-corrected chi connectivity index (χ4v) is 3.74. The lowest BCUT2D eigenvalue weighted by molar-refractivity contribution is -0.136. The number of nitrogens with zero attached hydrogens (tertiary/aromatic N) is 2. The van der Waals surface area contributed by atoms with Gasteiger partial charge < -0.3 is 15.1 Å². The number of nitrogens with one attached hydrogen (secondary N) is 1. The molecule has 0 heterocycles. The van der Waals surface area contributed by atoms with E-state index in [9.17, 15) is 18.4 Å². The molecule has 1 fully saturated rings. The minimum absolute atomic E-state index is 0.0989. The van der Waals surface area contributed by atoms with E-state index in [0.29, 0.717) is 31.0 Å². The first-order valence-corrected chi connectivity index (χ1v) is 10.4. The molecule has 1 aromatic carbocycles. The molecule has 0 saturated heterocycles. The molecule has 1 atom stereocenters. The van der Waals surface area contributed by atoms with Crippen molar-refractivity contribution >= 4 is 11.8 Å². The third kappa shape index (κ3) is 7.72. The second-order valence-electron chi connectivity index (χ2n) is 8.31. The first-order chi connectivity index (χ1) is 13.8. The highest BCUT2D eigenvalue weighted by Gasteiger charge is 2.24. The van der Waals surface area contributed by atoms with Crippen LogP contribution >= 0.6 is 0 Å². The molecule has 7 heteroatoms. The van der Waals surface area contributed by atoms with Crippen LogP contribution in [-0.4, -0.2) is 54.8 Å². The van der Waals surface area contributed by atoms with E-state index >= 15 is 0 Å². The van der Waals surface area contributed by atoms with Crippen molar-refractivity contribution in [1.82, 2.24) is 15.1 Å². The van der Waals surface area contributed by atoms with Crippen molar-refractivity contribution in [2.24, 2.45) is 5.92 Å². The molecular formula is C22H33F2N3O2. The van der Waals surface area contributed by atoms with Crippen molar-refractivity contribution in [3.05, 3.63) is 35.4 Å². The number of hydrogen-bond acceptors (Lipinski definition) is 3. The Labute approximate surface area is 172 Å². The standard InChI is InChI=1S/C22H33F2N3O2/c1-16(25-21(28)14-17-7-5-4-6-8-17)22(29)27(12-11-26(2)3)15-18-9-10-19(23)20(24)13-18/h9-10,13,16-17H,4-8,11-12,14-15H2,1-3H3,(H,25,28). The van der Waals surface area contributed by atoms with Gasteiger partial charge in [-0.1, -0.05) is 25.3 Å². The van der Waals surface area contributed by atoms with Crippen LogP contribution in [0.3, 0.4) is 0 Å². The van der Waals surface area contributed by atoms with Crippen molar-refractivity contribution in [3.8, 4) is 0 Å². The number of carbonyl (C=O) groups excluding carboxylic acids is 2. The summed E-state index contributed by atoms with van der Waals surface area (Å²) in [6.07, 6.45) is 6.16. The largest absolute Gasteiger partial charge is 0.345 e. The Bertz CT molecular complexity index is 691. The Balaban J connectivity index is 1.98. The average molecular weight is 410 g/mol. The molecule has 1 aromatic rings. The summed E-state index contributed by atoms with van der Waals surface area (Å²) in [6.45, 7) is 2.88. The van der Waals surface area contributed by atoms with Crippen LogP contribution < -0.4 is 5.32 Å². The van der Waals surface area contributed by atoms with Gasteiger partial charge in [0.05, 0.1) is 0 Å². The van der Waals surface area contributed by atoms with E-state index in [-0.39, 0.29) is 18.4 Å². The second-order valence-corrected chi connectivity index (χ2v) is 8.31. The maximum absolute atomic E-state index is 13.6. The van der Waals surface area contributed by atoms with Crippen molar-refractivity contribution in [2.45, 2.75) is 58.0 Å². The van der Waals surface area contributed by atoms with Gasteiger partial charge in [-0.15, -0.1) is 0 Å². The zero-order chi connectivity index (χ0) is 21.4. The molecule has 1 aliphatic carbocycles. The van der Waals surface area contributed by atoms with Crippen molar-refractivity contribution in [2.75, 3.05) is 27.2 Å². The molecule has 2 rings (SSSR count). The molecule has 0 aliphatic heterocycles. The van der Waals surface area contributed by atoms with Crippen LogP contribution in [0.4, 0.5) is 8.78 Å². The molecule has 0 bridgehead atoms. The van der Waals surface area contributed by atoms with Crippen LogP contribution in [0.5, 0.6) is 0 Å². The number of amides is 2. The third-order valence-corrected chi connectivity index (χ3v) is 5.43. The summed E-state index contributed by atoms with van der Waals surface area (Å²) in [5, 5.41) is 2.82. The number of hydrogen-bond donors (Lipinski definition) is 1. The fraction of sp³-hybridized carbons (Fsp3) is 0.636. The van der Waals surface area contributed by atoms with E-state index in [4.69, 9.17) is 0 Å². The molecule has 162 valence electrons. The van der Waals surface area contributed by atoms with Crippen LogP contribution in [-0.2, 0) is 16.1 Å². The van der Waals surface area contributed by atoms with Gasteiger partial charge in [-0.05, 0) is 57.5 Å². The molecule has 5 nitrogen and oxygen atoms in total. The summed E-state index contributed by atoms with van der Waals surface area (Å²) in [4.78, 5) is 28.9. The topological polar surface area (TPSA) is 52.7 Å².